The Morgan fingerprint density at radius 2 is 0.872 bits per heavy atom. The second kappa shape index (κ2) is 34.2. The molecule has 1 aliphatic rings. The molecule has 0 amide bonds. The molecule has 0 spiro atoms. The number of unbranched alkanes of at least 4 members (excludes halogenated alkanes) is 26. The Morgan fingerprint density at radius 1 is 0.489 bits per heavy atom. The highest BCUT2D eigenvalue weighted by Crippen LogP contribution is 2.18. The van der Waals surface area contributed by atoms with Crippen molar-refractivity contribution in [3.05, 3.63) is 0 Å². The van der Waals surface area contributed by atoms with Gasteiger partial charge in [-0.3, -0.25) is 0 Å². The lowest BCUT2D eigenvalue weighted by molar-refractivity contribution is -0.276. The lowest BCUT2D eigenvalue weighted by atomic mass is 10.0. The molecule has 5 atom stereocenters. The maximum Gasteiger partial charge on any atom is 0.186 e. The minimum absolute atomic E-state index is 0.0664. The zero-order valence-corrected chi connectivity index (χ0v) is 31.2. The molecule has 1 aliphatic heterocycles. The molecule has 7 heteroatoms. The summed E-state index contributed by atoms with van der Waals surface area (Å²) in [4.78, 5) is 0. The fourth-order valence-corrected chi connectivity index (χ4v) is 6.43. The quantitative estimate of drug-likeness (QED) is 0.0570. The van der Waals surface area contributed by atoms with Crippen LogP contribution in [0.5, 0.6) is 0 Å². The van der Waals surface area contributed by atoms with Crippen LogP contribution in [0, 0.1) is 0 Å². The van der Waals surface area contributed by atoms with Crippen molar-refractivity contribution in [1.29, 1.82) is 0 Å². The summed E-state index contributed by atoms with van der Waals surface area (Å²) in [6, 6.07) is 0. The van der Waals surface area contributed by atoms with Gasteiger partial charge >= 0.3 is 0 Å². The molecule has 47 heavy (non-hydrogen) atoms. The maximum atomic E-state index is 10.2. The molecule has 1 saturated heterocycles. The van der Waals surface area contributed by atoms with Gasteiger partial charge in [0.2, 0.25) is 0 Å². The van der Waals surface area contributed by atoms with Crippen LogP contribution in [0.15, 0.2) is 0 Å². The molecule has 1 heterocycles. The van der Waals surface area contributed by atoms with E-state index in [0.717, 1.165) is 12.8 Å². The lowest BCUT2D eigenvalue weighted by Crippen LogP contribution is -2.54. The van der Waals surface area contributed by atoms with Crippen LogP contribution in [0.25, 0.3) is 0 Å². The van der Waals surface area contributed by atoms with Gasteiger partial charge in [-0.1, -0.05) is 181 Å². The van der Waals surface area contributed by atoms with Gasteiger partial charge < -0.3 is 34.3 Å². The Hall–Kier alpha value is -0.280. The molecule has 0 aromatic rings. The third kappa shape index (κ3) is 27.2. The second-order valence-electron chi connectivity index (χ2n) is 14.3. The summed E-state index contributed by atoms with van der Waals surface area (Å²) >= 11 is 0. The van der Waals surface area contributed by atoms with Crippen LogP contribution in [0.1, 0.15) is 194 Å². The number of hydrogen-bond acceptors (Lipinski definition) is 7. The van der Waals surface area contributed by atoms with Crippen molar-refractivity contribution in [2.24, 2.45) is 0 Å². The van der Waals surface area contributed by atoms with Crippen molar-refractivity contribution in [1.82, 2.24) is 0 Å². The van der Waals surface area contributed by atoms with E-state index in [2.05, 4.69) is 13.8 Å². The summed E-state index contributed by atoms with van der Waals surface area (Å²) < 4.78 is 23.3. The van der Waals surface area contributed by atoms with Gasteiger partial charge in [0.05, 0.1) is 19.8 Å². The van der Waals surface area contributed by atoms with E-state index in [1.165, 1.54) is 167 Å². The van der Waals surface area contributed by atoms with Gasteiger partial charge in [-0.05, 0) is 12.8 Å². The average Bonchev–Trinajstić information content (AvgIpc) is 3.07. The van der Waals surface area contributed by atoms with Crippen molar-refractivity contribution in [3.8, 4) is 0 Å². The highest BCUT2D eigenvalue weighted by atomic mass is 16.7. The van der Waals surface area contributed by atoms with E-state index in [1.54, 1.807) is 0 Å². The first-order valence-electron chi connectivity index (χ1n) is 20.6. The molecule has 1 unspecified atom stereocenters. The predicted molar refractivity (Wildman–Crippen MR) is 195 cm³/mol. The Kier molecular flexibility index (Phi) is 32.5. The monoisotopic (exact) mass is 673 g/mol. The van der Waals surface area contributed by atoms with E-state index in [1.807, 2.05) is 0 Å². The van der Waals surface area contributed by atoms with Gasteiger partial charge in [-0.2, -0.15) is 0 Å². The molecular weight excluding hydrogens is 592 g/mol. The van der Waals surface area contributed by atoms with E-state index >= 15 is 0 Å². The third-order valence-corrected chi connectivity index (χ3v) is 9.70. The summed E-state index contributed by atoms with van der Waals surface area (Å²) in [7, 11) is 0. The zero-order valence-electron chi connectivity index (χ0n) is 31.2. The smallest absolute Gasteiger partial charge is 0.186 e. The largest absolute Gasteiger partial charge is 0.388 e. The second-order valence-corrected chi connectivity index (χ2v) is 14.3. The van der Waals surface area contributed by atoms with Crippen molar-refractivity contribution in [2.75, 3.05) is 33.0 Å². The Labute approximate surface area is 291 Å². The minimum Gasteiger partial charge on any atom is -0.388 e. The summed E-state index contributed by atoms with van der Waals surface area (Å²) in [5.41, 5.74) is 0. The van der Waals surface area contributed by atoms with Crippen molar-refractivity contribution >= 4 is 0 Å². The normalized spacial score (nSPS) is 20.6. The molecule has 1 fully saturated rings. The van der Waals surface area contributed by atoms with Crippen LogP contribution in [-0.2, 0) is 18.9 Å². The minimum atomic E-state index is -1.29. The topological polar surface area (TPSA) is 97.6 Å². The highest BCUT2D eigenvalue weighted by Gasteiger charge is 2.38. The fraction of sp³-hybridized carbons (Fsp3) is 1.00. The third-order valence-electron chi connectivity index (χ3n) is 9.70. The molecule has 0 radical (unpaired) electrons. The highest BCUT2D eigenvalue weighted by molar-refractivity contribution is 4.82. The predicted octanol–water partition coefficient (Wildman–Crippen LogP) is 9.81. The molecule has 7 nitrogen and oxygen atoms in total. The Morgan fingerprint density at radius 3 is 1.30 bits per heavy atom. The van der Waals surface area contributed by atoms with E-state index in [0.29, 0.717) is 19.8 Å². The van der Waals surface area contributed by atoms with E-state index < -0.39 is 24.6 Å². The van der Waals surface area contributed by atoms with Crippen molar-refractivity contribution in [3.63, 3.8) is 0 Å². The van der Waals surface area contributed by atoms with Crippen molar-refractivity contribution in [2.45, 2.75) is 224 Å². The zero-order chi connectivity index (χ0) is 34.0. The first-order chi connectivity index (χ1) is 23.1. The van der Waals surface area contributed by atoms with Crippen LogP contribution in [0.3, 0.4) is 0 Å². The molecule has 282 valence electrons. The molecule has 0 aliphatic carbocycles. The van der Waals surface area contributed by atoms with Gasteiger partial charge in [-0.25, -0.2) is 0 Å². The summed E-state index contributed by atoms with van der Waals surface area (Å²) in [5, 5.41) is 29.9. The summed E-state index contributed by atoms with van der Waals surface area (Å²) in [6.07, 6.45) is 32.4. The van der Waals surface area contributed by atoms with Crippen LogP contribution in [0.2, 0.25) is 0 Å². The molecule has 0 bridgehead atoms. The standard InChI is InChI=1S/C40H80O7/c1-3-5-7-9-11-13-15-17-19-21-23-25-27-29-31-44-33-36(34-46-40-39(43)38(42)37(41)35-47-40)45-32-30-28-26-24-22-20-18-16-14-12-10-8-6-4-2/h36-43H,3-35H2,1-2H3/t36?,37-,38+,39-,40-/m1/s1. The number of ether oxygens (including phenoxy) is 4. The van der Waals surface area contributed by atoms with Crippen LogP contribution in [-0.4, -0.2) is 79.1 Å². The fourth-order valence-electron chi connectivity index (χ4n) is 6.43. The molecule has 1 rings (SSSR count). The first kappa shape index (κ1) is 44.7. The Bertz CT molecular complexity index is 621. The average molecular weight is 673 g/mol. The van der Waals surface area contributed by atoms with Crippen molar-refractivity contribution < 1.29 is 34.3 Å². The van der Waals surface area contributed by atoms with Crippen LogP contribution < -0.4 is 0 Å². The van der Waals surface area contributed by atoms with Gasteiger partial charge in [0.15, 0.2) is 6.29 Å². The molecule has 3 N–H and O–H groups in total. The van der Waals surface area contributed by atoms with E-state index in [9.17, 15) is 15.3 Å². The molecule has 0 aromatic heterocycles. The summed E-state index contributed by atoms with van der Waals surface area (Å²) in [5.74, 6) is 0. The molecular formula is C40H80O7. The van der Waals surface area contributed by atoms with E-state index in [-0.39, 0.29) is 19.3 Å². The molecule has 0 aromatic carbocycles. The lowest BCUT2D eigenvalue weighted by Gasteiger charge is -2.35. The number of rotatable bonds is 36. The number of aliphatic hydroxyl groups is 3. The van der Waals surface area contributed by atoms with E-state index in [4.69, 9.17) is 18.9 Å². The number of aliphatic hydroxyl groups excluding tert-OH is 3. The number of hydrogen-bond donors (Lipinski definition) is 3. The SMILES string of the molecule is CCCCCCCCCCCCCCCCOCC(CO[C@@H]1OC[C@@H](O)[C@H](O)[C@H]1O)OCCCCCCCCCCCCCCCC. The van der Waals surface area contributed by atoms with Gasteiger partial charge in [0.25, 0.3) is 0 Å². The maximum absolute atomic E-state index is 10.2. The van der Waals surface area contributed by atoms with Gasteiger partial charge in [0, 0.05) is 13.2 Å². The van der Waals surface area contributed by atoms with Crippen LogP contribution in [0.4, 0.5) is 0 Å². The Balaban J connectivity index is 2.12. The molecule has 0 saturated carbocycles. The van der Waals surface area contributed by atoms with Gasteiger partial charge in [0.1, 0.15) is 24.4 Å². The first-order valence-corrected chi connectivity index (χ1v) is 20.6. The van der Waals surface area contributed by atoms with Crippen LogP contribution >= 0.6 is 0 Å². The summed E-state index contributed by atoms with van der Waals surface area (Å²) in [6.45, 7) is 6.50. The van der Waals surface area contributed by atoms with Gasteiger partial charge in [-0.15, -0.1) is 0 Å².